The van der Waals surface area contributed by atoms with Crippen LogP contribution in [0.3, 0.4) is 0 Å². The van der Waals surface area contributed by atoms with E-state index in [0.29, 0.717) is 18.4 Å². The van der Waals surface area contributed by atoms with Gasteiger partial charge in [-0.3, -0.25) is 4.99 Å². The molecule has 0 aromatic carbocycles. The van der Waals surface area contributed by atoms with Crippen LogP contribution >= 0.6 is 24.0 Å². The van der Waals surface area contributed by atoms with Gasteiger partial charge in [0.2, 0.25) is 0 Å². The first-order chi connectivity index (χ1) is 8.34. The third-order valence-electron chi connectivity index (χ3n) is 3.37. The summed E-state index contributed by atoms with van der Waals surface area (Å²) in [5, 5.41) is 3.15. The lowest BCUT2D eigenvalue weighted by atomic mass is 10.1. The highest BCUT2D eigenvalue weighted by atomic mass is 127. The zero-order valence-corrected chi connectivity index (χ0v) is 13.1. The summed E-state index contributed by atoms with van der Waals surface area (Å²) >= 11 is 0. The molecule has 5 nitrogen and oxygen atoms in total. The van der Waals surface area contributed by atoms with Gasteiger partial charge in [0.1, 0.15) is 0 Å². The Morgan fingerprint density at radius 2 is 2.22 bits per heavy atom. The number of nitrogens with one attached hydrogen (secondary N) is 1. The fraction of sp³-hybridized carbons (Fsp3) is 0.917. The Balaban J connectivity index is 0.00000162. The summed E-state index contributed by atoms with van der Waals surface area (Å²) in [6, 6.07) is 0. The topological polar surface area (TPSA) is 68.9 Å². The highest BCUT2D eigenvalue weighted by molar-refractivity contribution is 14.0. The van der Waals surface area contributed by atoms with Crippen LogP contribution in [0.1, 0.15) is 25.7 Å². The third kappa shape index (κ3) is 5.71. The smallest absolute Gasteiger partial charge is 0.188 e. The van der Waals surface area contributed by atoms with Crippen LogP contribution in [0.2, 0.25) is 0 Å². The van der Waals surface area contributed by atoms with E-state index in [0.717, 1.165) is 45.6 Å². The van der Waals surface area contributed by atoms with Gasteiger partial charge in [-0.1, -0.05) is 0 Å². The van der Waals surface area contributed by atoms with Gasteiger partial charge < -0.3 is 20.5 Å². The lowest BCUT2D eigenvalue weighted by molar-refractivity contribution is 0.118. The molecule has 2 fully saturated rings. The summed E-state index contributed by atoms with van der Waals surface area (Å²) in [6.07, 6.45) is 4.81. The lowest BCUT2D eigenvalue weighted by Gasteiger charge is -2.10. The summed E-state index contributed by atoms with van der Waals surface area (Å²) < 4.78 is 10.8. The van der Waals surface area contributed by atoms with Crippen LogP contribution in [-0.4, -0.2) is 45.0 Å². The molecule has 6 heteroatoms. The zero-order chi connectivity index (χ0) is 11.9. The van der Waals surface area contributed by atoms with Crippen molar-refractivity contribution in [3.63, 3.8) is 0 Å². The van der Waals surface area contributed by atoms with Gasteiger partial charge in [0.25, 0.3) is 0 Å². The maximum atomic E-state index is 5.79. The SMILES string of the molecule is I.NC(=NCC1CCCO1)NCCC1CCOC1. The number of aliphatic imine (C=N–C) groups is 1. The van der Waals surface area contributed by atoms with Crippen LogP contribution in [0.25, 0.3) is 0 Å². The average Bonchev–Trinajstić information content (AvgIpc) is 2.99. The van der Waals surface area contributed by atoms with E-state index in [2.05, 4.69) is 10.3 Å². The predicted octanol–water partition coefficient (Wildman–Crippen LogP) is 1.11. The number of ether oxygens (including phenoxy) is 2. The first kappa shape index (κ1) is 16.0. The molecule has 2 aliphatic heterocycles. The molecule has 0 spiro atoms. The lowest BCUT2D eigenvalue weighted by Crippen LogP contribution is -2.34. The van der Waals surface area contributed by atoms with Crippen molar-refractivity contribution in [3.8, 4) is 0 Å². The van der Waals surface area contributed by atoms with Crippen molar-refractivity contribution in [2.75, 3.05) is 32.9 Å². The van der Waals surface area contributed by atoms with Crippen molar-refractivity contribution in [2.24, 2.45) is 16.6 Å². The van der Waals surface area contributed by atoms with Crippen LogP contribution in [0.4, 0.5) is 0 Å². The molecule has 106 valence electrons. The maximum absolute atomic E-state index is 5.79. The maximum Gasteiger partial charge on any atom is 0.188 e. The van der Waals surface area contributed by atoms with Gasteiger partial charge >= 0.3 is 0 Å². The van der Waals surface area contributed by atoms with Crippen molar-refractivity contribution in [3.05, 3.63) is 0 Å². The van der Waals surface area contributed by atoms with E-state index in [4.69, 9.17) is 15.2 Å². The minimum Gasteiger partial charge on any atom is -0.381 e. The Labute approximate surface area is 126 Å². The van der Waals surface area contributed by atoms with Crippen molar-refractivity contribution in [1.82, 2.24) is 5.32 Å². The molecule has 3 N–H and O–H groups in total. The summed E-state index contributed by atoms with van der Waals surface area (Å²) in [5.74, 6) is 1.23. The molecule has 0 aliphatic carbocycles. The molecule has 2 atom stereocenters. The van der Waals surface area contributed by atoms with Crippen molar-refractivity contribution in [1.29, 1.82) is 0 Å². The van der Waals surface area contributed by atoms with E-state index in [-0.39, 0.29) is 30.1 Å². The quantitative estimate of drug-likeness (QED) is 0.433. The van der Waals surface area contributed by atoms with E-state index in [1.54, 1.807) is 0 Å². The van der Waals surface area contributed by atoms with Gasteiger partial charge in [-0.15, -0.1) is 24.0 Å². The molecule has 2 aliphatic rings. The van der Waals surface area contributed by atoms with Crippen molar-refractivity contribution in [2.45, 2.75) is 31.8 Å². The van der Waals surface area contributed by atoms with Crippen molar-refractivity contribution >= 4 is 29.9 Å². The van der Waals surface area contributed by atoms with Gasteiger partial charge in [0.05, 0.1) is 12.6 Å². The first-order valence-corrected chi connectivity index (χ1v) is 6.58. The molecular weight excluding hydrogens is 345 g/mol. The fourth-order valence-corrected chi connectivity index (χ4v) is 2.26. The number of hydrogen-bond donors (Lipinski definition) is 2. The largest absolute Gasteiger partial charge is 0.381 e. The molecule has 0 aromatic rings. The number of guanidine groups is 1. The Kier molecular flexibility index (Phi) is 7.92. The minimum absolute atomic E-state index is 0. The Hall–Kier alpha value is -0.0800. The molecule has 0 radical (unpaired) electrons. The second kappa shape index (κ2) is 8.92. The van der Waals surface area contributed by atoms with Crippen LogP contribution in [-0.2, 0) is 9.47 Å². The first-order valence-electron chi connectivity index (χ1n) is 6.58. The molecule has 0 amide bonds. The summed E-state index contributed by atoms with van der Waals surface area (Å²) in [4.78, 5) is 4.30. The second-order valence-electron chi connectivity index (χ2n) is 4.81. The minimum atomic E-state index is 0. The van der Waals surface area contributed by atoms with E-state index in [1.165, 1.54) is 6.42 Å². The van der Waals surface area contributed by atoms with Crippen LogP contribution in [0.5, 0.6) is 0 Å². The number of nitrogens with two attached hydrogens (primary N) is 1. The standard InChI is InChI=1S/C12H23N3O2.HI/c13-12(15-8-11-2-1-6-17-11)14-5-3-10-4-7-16-9-10;/h10-11H,1-9H2,(H3,13,14,15);1H. The number of nitrogens with zero attached hydrogens (tertiary/aromatic N) is 1. The molecule has 2 saturated heterocycles. The highest BCUT2D eigenvalue weighted by Gasteiger charge is 2.16. The summed E-state index contributed by atoms with van der Waals surface area (Å²) in [6.45, 7) is 4.25. The van der Waals surface area contributed by atoms with Gasteiger partial charge in [-0.05, 0) is 31.6 Å². The number of rotatable bonds is 5. The molecule has 0 aromatic heterocycles. The molecular formula is C12H24IN3O2. The normalized spacial score (nSPS) is 28.1. The van der Waals surface area contributed by atoms with Gasteiger partial charge in [0.15, 0.2) is 5.96 Å². The van der Waals surface area contributed by atoms with E-state index in [1.807, 2.05) is 0 Å². The monoisotopic (exact) mass is 369 g/mol. The Morgan fingerprint density at radius 3 is 2.89 bits per heavy atom. The summed E-state index contributed by atoms with van der Waals surface area (Å²) in [7, 11) is 0. The molecule has 0 saturated carbocycles. The van der Waals surface area contributed by atoms with Gasteiger partial charge in [0, 0.05) is 26.4 Å². The molecule has 18 heavy (non-hydrogen) atoms. The average molecular weight is 369 g/mol. The number of hydrogen-bond acceptors (Lipinski definition) is 3. The van der Waals surface area contributed by atoms with E-state index >= 15 is 0 Å². The van der Waals surface area contributed by atoms with Crippen molar-refractivity contribution < 1.29 is 9.47 Å². The van der Waals surface area contributed by atoms with Crippen LogP contribution in [0.15, 0.2) is 4.99 Å². The second-order valence-corrected chi connectivity index (χ2v) is 4.81. The summed E-state index contributed by atoms with van der Waals surface area (Å²) in [5.41, 5.74) is 5.79. The van der Waals surface area contributed by atoms with Gasteiger partial charge in [-0.25, -0.2) is 0 Å². The van der Waals surface area contributed by atoms with Crippen LogP contribution < -0.4 is 11.1 Å². The zero-order valence-electron chi connectivity index (χ0n) is 10.8. The Bertz CT molecular complexity index is 252. The highest BCUT2D eigenvalue weighted by Crippen LogP contribution is 2.15. The van der Waals surface area contributed by atoms with Crippen LogP contribution in [0, 0.1) is 5.92 Å². The predicted molar refractivity (Wildman–Crippen MR) is 82.4 cm³/mol. The molecule has 2 rings (SSSR count). The molecule has 2 heterocycles. The van der Waals surface area contributed by atoms with E-state index in [9.17, 15) is 0 Å². The fourth-order valence-electron chi connectivity index (χ4n) is 2.26. The third-order valence-corrected chi connectivity index (χ3v) is 3.37. The molecule has 0 bridgehead atoms. The van der Waals surface area contributed by atoms with Gasteiger partial charge in [-0.2, -0.15) is 0 Å². The van der Waals surface area contributed by atoms with E-state index < -0.39 is 0 Å². The Morgan fingerprint density at radius 1 is 1.33 bits per heavy atom. The number of halogens is 1. The molecule has 2 unspecified atom stereocenters.